The average molecular weight is 603 g/mol. The van der Waals surface area contributed by atoms with E-state index in [0.717, 1.165) is 11.1 Å². The first-order valence-electron chi connectivity index (χ1n) is 12.7. The molecule has 1 atom stereocenters. The molecule has 0 aromatic heterocycles. The van der Waals surface area contributed by atoms with Crippen LogP contribution in [0, 0.1) is 11.3 Å². The minimum Gasteiger partial charge on any atom is -0.497 e. The van der Waals surface area contributed by atoms with Crippen molar-refractivity contribution in [1.29, 1.82) is 5.26 Å². The maximum Gasteiger partial charge on any atom is 0.349 e. The summed E-state index contributed by atoms with van der Waals surface area (Å²) in [5.41, 5.74) is 8.69. The van der Waals surface area contributed by atoms with Gasteiger partial charge in [-0.3, -0.25) is 0 Å². The Morgan fingerprint density at radius 2 is 1.57 bits per heavy atom. The standard InChI is InChI=1S/C32H24Cl2N2O6/c1-38-22-8-10-24(11-9-22)40-18-30(37)41-25-12-13-26-29(15-25)42-32(36)27(16-35)31(26)19-3-6-23(7-4-19)39-17-20-2-5-21(33)14-28(20)34/h2-15,31H,17-18,36H2,1H3. The van der Waals surface area contributed by atoms with Crippen LogP contribution in [0.2, 0.25) is 10.0 Å². The molecular weight excluding hydrogens is 579 g/mol. The number of hydrogen-bond acceptors (Lipinski definition) is 8. The summed E-state index contributed by atoms with van der Waals surface area (Å²) >= 11 is 12.2. The van der Waals surface area contributed by atoms with Crippen LogP contribution in [0.15, 0.2) is 96.4 Å². The number of halogens is 2. The second-order valence-electron chi connectivity index (χ2n) is 9.16. The van der Waals surface area contributed by atoms with E-state index in [1.807, 2.05) is 18.2 Å². The van der Waals surface area contributed by atoms with E-state index in [9.17, 15) is 10.1 Å². The van der Waals surface area contributed by atoms with Crippen LogP contribution in [0.4, 0.5) is 0 Å². The number of carbonyl (C=O) groups is 1. The summed E-state index contributed by atoms with van der Waals surface area (Å²) in [6, 6.07) is 26.5. The molecule has 0 saturated carbocycles. The molecule has 212 valence electrons. The number of nitrogens with two attached hydrogens (primary N) is 1. The summed E-state index contributed by atoms with van der Waals surface area (Å²) in [7, 11) is 1.56. The number of nitrogens with zero attached hydrogens (tertiary/aromatic N) is 1. The number of allylic oxidation sites excluding steroid dienone is 1. The molecule has 42 heavy (non-hydrogen) atoms. The number of ether oxygens (including phenoxy) is 5. The van der Waals surface area contributed by atoms with Gasteiger partial charge >= 0.3 is 5.97 Å². The largest absolute Gasteiger partial charge is 0.497 e. The second-order valence-corrected chi connectivity index (χ2v) is 10.00. The van der Waals surface area contributed by atoms with E-state index in [1.54, 1.807) is 73.8 Å². The zero-order chi connectivity index (χ0) is 29.6. The van der Waals surface area contributed by atoms with Crippen LogP contribution in [0.5, 0.6) is 28.7 Å². The fraction of sp³-hybridized carbons (Fsp3) is 0.125. The Hall–Kier alpha value is -4.84. The number of benzene rings is 4. The molecule has 1 aliphatic rings. The topological polar surface area (TPSA) is 113 Å². The first-order chi connectivity index (χ1) is 20.3. The normalized spacial score (nSPS) is 13.8. The van der Waals surface area contributed by atoms with Crippen LogP contribution >= 0.6 is 23.2 Å². The number of rotatable bonds is 9. The minimum absolute atomic E-state index is 0.0287. The maximum absolute atomic E-state index is 12.4. The molecule has 0 bridgehead atoms. The molecule has 0 saturated heterocycles. The Kier molecular flexibility index (Phi) is 8.72. The molecule has 4 aromatic rings. The highest BCUT2D eigenvalue weighted by Gasteiger charge is 2.31. The van der Waals surface area contributed by atoms with Gasteiger partial charge in [-0.05, 0) is 60.2 Å². The molecule has 4 aromatic carbocycles. The molecule has 2 N–H and O–H groups in total. The molecule has 10 heteroatoms. The van der Waals surface area contributed by atoms with Crippen molar-refractivity contribution in [3.63, 3.8) is 0 Å². The number of hydrogen-bond donors (Lipinski definition) is 1. The lowest BCUT2D eigenvalue weighted by Gasteiger charge is -2.26. The SMILES string of the molecule is COc1ccc(OCC(=O)Oc2ccc3c(c2)OC(N)=C(C#N)C3c2ccc(OCc3ccc(Cl)cc3Cl)cc2)cc1. The van der Waals surface area contributed by atoms with Crippen LogP contribution in [-0.2, 0) is 11.4 Å². The van der Waals surface area contributed by atoms with Gasteiger partial charge in [0.25, 0.3) is 0 Å². The van der Waals surface area contributed by atoms with Crippen LogP contribution in [0.1, 0.15) is 22.6 Å². The van der Waals surface area contributed by atoms with Gasteiger partial charge in [0.1, 0.15) is 47.0 Å². The third-order valence-corrected chi connectivity index (χ3v) is 7.05. The quantitative estimate of drug-likeness (QED) is 0.165. The third kappa shape index (κ3) is 6.55. The average Bonchev–Trinajstić information content (AvgIpc) is 2.99. The van der Waals surface area contributed by atoms with Gasteiger partial charge in [0, 0.05) is 27.2 Å². The van der Waals surface area contributed by atoms with Crippen molar-refractivity contribution >= 4 is 29.2 Å². The van der Waals surface area contributed by atoms with Gasteiger partial charge in [-0.25, -0.2) is 4.79 Å². The lowest BCUT2D eigenvalue weighted by atomic mass is 9.83. The smallest absolute Gasteiger partial charge is 0.349 e. The third-order valence-electron chi connectivity index (χ3n) is 6.46. The number of methoxy groups -OCH3 is 1. The molecule has 0 aliphatic carbocycles. The monoisotopic (exact) mass is 602 g/mol. The van der Waals surface area contributed by atoms with Gasteiger partial charge in [0.05, 0.1) is 13.0 Å². The van der Waals surface area contributed by atoms with Crippen molar-refractivity contribution in [2.45, 2.75) is 12.5 Å². The van der Waals surface area contributed by atoms with Crippen molar-refractivity contribution < 1.29 is 28.5 Å². The fourth-order valence-corrected chi connectivity index (χ4v) is 4.84. The Morgan fingerprint density at radius 3 is 2.26 bits per heavy atom. The Morgan fingerprint density at radius 1 is 0.905 bits per heavy atom. The summed E-state index contributed by atoms with van der Waals surface area (Å²) in [4.78, 5) is 12.4. The first kappa shape index (κ1) is 28.7. The summed E-state index contributed by atoms with van der Waals surface area (Å²) in [5, 5.41) is 11.0. The number of fused-ring (bicyclic) bond motifs is 1. The van der Waals surface area contributed by atoms with E-state index in [4.69, 9.17) is 52.6 Å². The van der Waals surface area contributed by atoms with Crippen LogP contribution in [0.25, 0.3) is 0 Å². The predicted molar refractivity (Wildman–Crippen MR) is 157 cm³/mol. The van der Waals surface area contributed by atoms with Crippen molar-refractivity contribution in [2.24, 2.45) is 5.73 Å². The first-order valence-corrected chi connectivity index (χ1v) is 13.5. The van der Waals surface area contributed by atoms with Gasteiger partial charge in [-0.2, -0.15) is 5.26 Å². The number of esters is 1. The zero-order valence-corrected chi connectivity index (χ0v) is 23.8. The summed E-state index contributed by atoms with van der Waals surface area (Å²) in [5.74, 6) is 1.27. The summed E-state index contributed by atoms with van der Waals surface area (Å²) in [6.07, 6.45) is 0. The molecular formula is C32H24Cl2N2O6. The summed E-state index contributed by atoms with van der Waals surface area (Å²) in [6.45, 7) is -0.0372. The lowest BCUT2D eigenvalue weighted by molar-refractivity contribution is -0.136. The van der Waals surface area contributed by atoms with Gasteiger partial charge in [0.2, 0.25) is 5.88 Å². The van der Waals surface area contributed by atoms with E-state index in [0.29, 0.717) is 38.6 Å². The molecule has 5 rings (SSSR count). The predicted octanol–water partition coefficient (Wildman–Crippen LogP) is 6.78. The molecule has 8 nitrogen and oxygen atoms in total. The number of carbonyl (C=O) groups excluding carboxylic acids is 1. The Labute approximate surface area is 252 Å². The molecule has 0 spiro atoms. The second kappa shape index (κ2) is 12.8. The zero-order valence-electron chi connectivity index (χ0n) is 22.3. The van der Waals surface area contributed by atoms with Crippen molar-refractivity contribution in [1.82, 2.24) is 0 Å². The van der Waals surface area contributed by atoms with Crippen LogP contribution in [-0.4, -0.2) is 19.7 Å². The number of nitriles is 1. The molecule has 0 radical (unpaired) electrons. The molecule has 0 fully saturated rings. The fourth-order valence-electron chi connectivity index (χ4n) is 4.37. The van der Waals surface area contributed by atoms with Gasteiger partial charge in [-0.15, -0.1) is 0 Å². The van der Waals surface area contributed by atoms with Gasteiger partial charge in [-0.1, -0.05) is 47.5 Å². The van der Waals surface area contributed by atoms with E-state index in [1.165, 1.54) is 0 Å². The lowest BCUT2D eigenvalue weighted by Crippen LogP contribution is -2.21. The highest BCUT2D eigenvalue weighted by Crippen LogP contribution is 2.43. The van der Waals surface area contributed by atoms with Gasteiger partial charge in [0.15, 0.2) is 6.61 Å². The van der Waals surface area contributed by atoms with E-state index in [-0.39, 0.29) is 30.4 Å². The van der Waals surface area contributed by atoms with Crippen molar-refractivity contribution in [3.05, 3.63) is 123 Å². The van der Waals surface area contributed by atoms with E-state index in [2.05, 4.69) is 6.07 Å². The maximum atomic E-state index is 12.4. The molecule has 0 amide bonds. The van der Waals surface area contributed by atoms with Crippen molar-refractivity contribution in [3.8, 4) is 34.8 Å². The Balaban J connectivity index is 1.28. The van der Waals surface area contributed by atoms with E-state index >= 15 is 0 Å². The van der Waals surface area contributed by atoms with E-state index < -0.39 is 11.9 Å². The molecule has 1 unspecified atom stereocenters. The van der Waals surface area contributed by atoms with Crippen LogP contribution < -0.4 is 29.4 Å². The van der Waals surface area contributed by atoms with Crippen molar-refractivity contribution in [2.75, 3.05) is 13.7 Å². The Bertz CT molecular complexity index is 1680. The highest BCUT2D eigenvalue weighted by molar-refractivity contribution is 6.35. The molecule has 1 aliphatic heterocycles. The van der Waals surface area contributed by atoms with Crippen LogP contribution in [0.3, 0.4) is 0 Å². The highest BCUT2D eigenvalue weighted by atomic mass is 35.5. The molecule has 1 heterocycles. The van der Waals surface area contributed by atoms with Gasteiger partial charge < -0.3 is 29.4 Å². The minimum atomic E-state index is -0.602. The summed E-state index contributed by atoms with van der Waals surface area (Å²) < 4.78 is 27.7.